The molecular formula is C22H22N6O2S. The first-order chi connectivity index (χ1) is 14.9. The fraction of sp³-hybridized carbons (Fsp3) is 0.227. The molecule has 0 fully saturated rings. The average Bonchev–Trinajstić information content (AvgIpc) is 3.21. The Balaban J connectivity index is 1.52. The number of nitrogens with one attached hydrogen (secondary N) is 1. The normalized spacial score (nSPS) is 12.1. The summed E-state index contributed by atoms with van der Waals surface area (Å²) in [6.07, 6.45) is 0. The number of para-hydroxylation sites is 2. The number of aryl methyl sites for hydroxylation is 1. The van der Waals surface area contributed by atoms with Crippen LogP contribution in [0.3, 0.4) is 0 Å². The van der Waals surface area contributed by atoms with Gasteiger partial charge in [-0.15, -0.1) is 5.10 Å². The Morgan fingerprint density at radius 1 is 1.19 bits per heavy atom. The van der Waals surface area contributed by atoms with Gasteiger partial charge in [0.2, 0.25) is 16.6 Å². The van der Waals surface area contributed by atoms with E-state index in [-0.39, 0.29) is 11.5 Å². The number of fused-ring (bicyclic) bond motifs is 1. The standard InChI is InChI=1S/C22H22N6O2S/c1-14-8-4-7-11-19(14)28-22(24-25-26-28)31-15(2)21(30)27(3)13-16-12-20(29)23-18-10-6-5-9-17(16)18/h4-12,15H,13H2,1-3H3,(H,23,29)/t15-/m1/s1. The van der Waals surface area contributed by atoms with Gasteiger partial charge in [0.15, 0.2) is 0 Å². The summed E-state index contributed by atoms with van der Waals surface area (Å²) in [5.41, 5.74) is 3.28. The molecule has 2 heterocycles. The van der Waals surface area contributed by atoms with Gasteiger partial charge in [-0.2, -0.15) is 4.68 Å². The van der Waals surface area contributed by atoms with E-state index in [0.29, 0.717) is 11.7 Å². The number of amides is 1. The van der Waals surface area contributed by atoms with E-state index in [4.69, 9.17) is 0 Å². The molecule has 0 saturated carbocycles. The maximum atomic E-state index is 13.1. The van der Waals surface area contributed by atoms with Crippen LogP contribution in [-0.2, 0) is 11.3 Å². The topological polar surface area (TPSA) is 96.8 Å². The van der Waals surface area contributed by atoms with Crippen LogP contribution in [0, 0.1) is 6.92 Å². The van der Waals surface area contributed by atoms with Crippen LogP contribution in [0.4, 0.5) is 0 Å². The van der Waals surface area contributed by atoms with Crippen LogP contribution in [0.15, 0.2) is 64.5 Å². The maximum Gasteiger partial charge on any atom is 0.248 e. The van der Waals surface area contributed by atoms with Crippen LogP contribution in [0.1, 0.15) is 18.1 Å². The molecule has 0 spiro atoms. The Morgan fingerprint density at radius 3 is 2.74 bits per heavy atom. The van der Waals surface area contributed by atoms with E-state index < -0.39 is 5.25 Å². The lowest BCUT2D eigenvalue weighted by molar-refractivity contribution is -0.129. The number of rotatable bonds is 6. The molecule has 1 amide bonds. The number of benzene rings is 2. The van der Waals surface area contributed by atoms with Crippen molar-refractivity contribution in [3.63, 3.8) is 0 Å². The third-order valence-corrected chi connectivity index (χ3v) is 6.06. The Morgan fingerprint density at radius 2 is 1.94 bits per heavy atom. The van der Waals surface area contributed by atoms with Crippen molar-refractivity contribution < 1.29 is 4.79 Å². The molecule has 0 radical (unpaired) electrons. The van der Waals surface area contributed by atoms with Gasteiger partial charge in [-0.25, -0.2) is 0 Å². The summed E-state index contributed by atoms with van der Waals surface area (Å²) < 4.78 is 1.65. The third-order valence-electron chi connectivity index (χ3n) is 5.03. The summed E-state index contributed by atoms with van der Waals surface area (Å²) in [5, 5.41) is 13.0. The molecule has 8 nitrogen and oxygen atoms in total. The fourth-order valence-corrected chi connectivity index (χ4v) is 4.38. The van der Waals surface area contributed by atoms with E-state index in [1.807, 2.05) is 62.4 Å². The Bertz CT molecular complexity index is 1300. The number of carbonyl (C=O) groups is 1. The van der Waals surface area contributed by atoms with Gasteiger partial charge in [0.25, 0.3) is 0 Å². The van der Waals surface area contributed by atoms with Crippen molar-refractivity contribution in [2.45, 2.75) is 30.8 Å². The smallest absolute Gasteiger partial charge is 0.248 e. The number of aromatic nitrogens is 5. The number of aromatic amines is 1. The van der Waals surface area contributed by atoms with Crippen molar-refractivity contribution in [2.75, 3.05) is 7.05 Å². The van der Waals surface area contributed by atoms with Crippen LogP contribution in [0.25, 0.3) is 16.6 Å². The molecule has 31 heavy (non-hydrogen) atoms. The number of carbonyl (C=O) groups excluding carboxylic acids is 1. The van der Waals surface area contributed by atoms with Gasteiger partial charge in [0.1, 0.15) is 0 Å². The lowest BCUT2D eigenvalue weighted by Gasteiger charge is -2.21. The van der Waals surface area contributed by atoms with Crippen LogP contribution in [0.2, 0.25) is 0 Å². The molecule has 4 rings (SSSR count). The molecular weight excluding hydrogens is 412 g/mol. The third kappa shape index (κ3) is 4.36. The van der Waals surface area contributed by atoms with Crippen LogP contribution < -0.4 is 5.56 Å². The quantitative estimate of drug-likeness (QED) is 0.469. The predicted octanol–water partition coefficient (Wildman–Crippen LogP) is 2.95. The highest BCUT2D eigenvalue weighted by Crippen LogP contribution is 2.26. The first kappa shape index (κ1) is 20.8. The maximum absolute atomic E-state index is 13.1. The van der Waals surface area contributed by atoms with E-state index in [0.717, 1.165) is 27.7 Å². The average molecular weight is 435 g/mol. The predicted molar refractivity (Wildman–Crippen MR) is 120 cm³/mol. The molecule has 0 aliphatic rings. The van der Waals surface area contributed by atoms with E-state index in [1.54, 1.807) is 22.7 Å². The van der Waals surface area contributed by atoms with Gasteiger partial charge in [0.05, 0.1) is 10.9 Å². The highest BCUT2D eigenvalue weighted by molar-refractivity contribution is 8.00. The first-order valence-corrected chi connectivity index (χ1v) is 10.7. The Labute approximate surface area is 183 Å². The first-order valence-electron chi connectivity index (χ1n) is 9.81. The molecule has 0 bridgehead atoms. The lowest BCUT2D eigenvalue weighted by Crippen LogP contribution is -2.33. The Hall–Kier alpha value is -3.46. The number of H-pyrrole nitrogens is 1. The van der Waals surface area contributed by atoms with Gasteiger partial charge < -0.3 is 9.88 Å². The Kier molecular flexibility index (Phi) is 5.85. The summed E-state index contributed by atoms with van der Waals surface area (Å²) in [5.74, 6) is -0.0753. The van der Waals surface area contributed by atoms with Crippen LogP contribution in [-0.4, -0.2) is 48.3 Å². The van der Waals surface area contributed by atoms with Crippen molar-refractivity contribution in [3.05, 3.63) is 76.1 Å². The SMILES string of the molecule is Cc1ccccc1-n1nnnc1S[C@H](C)C(=O)N(C)Cc1cc(=O)[nH]c2ccccc12. The number of thioether (sulfide) groups is 1. The van der Waals surface area contributed by atoms with E-state index in [1.165, 1.54) is 11.8 Å². The number of pyridine rings is 1. The van der Waals surface area contributed by atoms with Crippen molar-refractivity contribution in [1.29, 1.82) is 0 Å². The molecule has 2 aromatic carbocycles. The molecule has 9 heteroatoms. The monoisotopic (exact) mass is 434 g/mol. The molecule has 0 aliphatic heterocycles. The number of nitrogens with zero attached hydrogens (tertiary/aromatic N) is 5. The second-order valence-corrected chi connectivity index (χ2v) is 8.63. The summed E-state index contributed by atoms with van der Waals surface area (Å²) in [6, 6.07) is 16.9. The minimum absolute atomic E-state index is 0.0753. The largest absolute Gasteiger partial charge is 0.340 e. The number of hydrogen-bond donors (Lipinski definition) is 1. The summed E-state index contributed by atoms with van der Waals surface area (Å²) in [4.78, 5) is 29.5. The molecule has 2 aromatic heterocycles. The molecule has 0 unspecified atom stereocenters. The van der Waals surface area contributed by atoms with Gasteiger partial charge in [-0.05, 0) is 47.5 Å². The summed E-state index contributed by atoms with van der Waals surface area (Å²) in [7, 11) is 1.74. The van der Waals surface area contributed by atoms with Crippen LogP contribution >= 0.6 is 11.8 Å². The molecule has 158 valence electrons. The van der Waals surface area contributed by atoms with E-state index >= 15 is 0 Å². The number of hydrogen-bond acceptors (Lipinski definition) is 6. The highest BCUT2D eigenvalue weighted by Gasteiger charge is 2.23. The molecule has 1 N–H and O–H groups in total. The zero-order chi connectivity index (χ0) is 22.0. The number of tetrazole rings is 1. The van der Waals surface area contributed by atoms with Gasteiger partial charge in [-0.1, -0.05) is 48.2 Å². The van der Waals surface area contributed by atoms with Crippen molar-refractivity contribution in [2.24, 2.45) is 0 Å². The van der Waals surface area contributed by atoms with Crippen LogP contribution in [0.5, 0.6) is 0 Å². The zero-order valence-electron chi connectivity index (χ0n) is 17.4. The minimum atomic E-state index is -0.410. The molecule has 0 aliphatic carbocycles. The molecule has 4 aromatic rings. The van der Waals surface area contributed by atoms with Gasteiger partial charge in [-0.3, -0.25) is 9.59 Å². The van der Waals surface area contributed by atoms with E-state index in [9.17, 15) is 9.59 Å². The molecule has 0 saturated heterocycles. The zero-order valence-corrected chi connectivity index (χ0v) is 18.3. The highest BCUT2D eigenvalue weighted by atomic mass is 32.2. The molecule has 1 atom stereocenters. The van der Waals surface area contributed by atoms with Crippen molar-refractivity contribution in [3.8, 4) is 5.69 Å². The van der Waals surface area contributed by atoms with Crippen molar-refractivity contribution in [1.82, 2.24) is 30.1 Å². The second-order valence-electron chi connectivity index (χ2n) is 7.32. The van der Waals surface area contributed by atoms with E-state index in [2.05, 4.69) is 20.5 Å². The summed E-state index contributed by atoms with van der Waals surface area (Å²) in [6.45, 7) is 4.15. The van der Waals surface area contributed by atoms with Gasteiger partial charge in [0, 0.05) is 30.6 Å². The minimum Gasteiger partial charge on any atom is -0.340 e. The lowest BCUT2D eigenvalue weighted by atomic mass is 10.1. The summed E-state index contributed by atoms with van der Waals surface area (Å²) >= 11 is 1.30. The van der Waals surface area contributed by atoms with Gasteiger partial charge >= 0.3 is 0 Å². The fourth-order valence-electron chi connectivity index (χ4n) is 3.46. The van der Waals surface area contributed by atoms with Crippen molar-refractivity contribution >= 4 is 28.6 Å². The second kappa shape index (κ2) is 8.73.